The maximum atomic E-state index is 10.3. The molecule has 3 nitrogen and oxygen atoms in total. The molecule has 1 N–H and O–H groups in total. The van der Waals surface area contributed by atoms with Gasteiger partial charge < -0.3 is 9.94 Å². The first-order valence-corrected chi connectivity index (χ1v) is 5.50. The van der Waals surface area contributed by atoms with Gasteiger partial charge in [-0.25, -0.2) is 0 Å². The summed E-state index contributed by atoms with van der Waals surface area (Å²) >= 11 is 0. The van der Waals surface area contributed by atoms with Crippen LogP contribution in [0.1, 0.15) is 38.8 Å². The van der Waals surface area contributed by atoms with Gasteiger partial charge >= 0.3 is 0 Å². The van der Waals surface area contributed by atoms with Gasteiger partial charge in [0.15, 0.2) is 0 Å². The first-order valence-electron chi connectivity index (χ1n) is 5.50. The van der Waals surface area contributed by atoms with Gasteiger partial charge in [-0.1, -0.05) is 6.07 Å². The number of hydrogen-bond donors (Lipinski definition) is 1. The summed E-state index contributed by atoms with van der Waals surface area (Å²) in [5, 5.41) is 11.7. The van der Waals surface area contributed by atoms with Crippen molar-refractivity contribution >= 4 is 0 Å². The van der Waals surface area contributed by atoms with Crippen LogP contribution in [0.15, 0.2) is 18.2 Å². The van der Waals surface area contributed by atoms with E-state index in [0.29, 0.717) is 0 Å². The van der Waals surface area contributed by atoms with Gasteiger partial charge in [0.2, 0.25) is 0 Å². The van der Waals surface area contributed by atoms with Crippen LogP contribution >= 0.6 is 0 Å². The van der Waals surface area contributed by atoms with Gasteiger partial charge in [0.1, 0.15) is 5.75 Å². The van der Waals surface area contributed by atoms with Gasteiger partial charge in [-0.15, -0.1) is 0 Å². The van der Waals surface area contributed by atoms with Crippen LogP contribution in [0.3, 0.4) is 0 Å². The fraction of sp³-hybridized carbons (Fsp3) is 0.538. The van der Waals surface area contributed by atoms with E-state index in [0.717, 1.165) is 16.9 Å². The summed E-state index contributed by atoms with van der Waals surface area (Å²) in [6.07, 6.45) is 0. The van der Waals surface area contributed by atoms with Gasteiger partial charge in [0.25, 0.3) is 0 Å². The minimum atomic E-state index is -0.382. The Hall–Kier alpha value is -1.06. The van der Waals surface area contributed by atoms with E-state index in [-0.39, 0.29) is 11.1 Å². The highest BCUT2D eigenvalue weighted by molar-refractivity contribution is 5.46. The molecule has 16 heavy (non-hydrogen) atoms. The molecule has 88 valence electrons. The molecule has 0 amide bonds. The molecule has 3 heteroatoms. The van der Waals surface area contributed by atoms with Crippen LogP contribution in [0.25, 0.3) is 0 Å². The normalized spacial score (nSPS) is 21.9. The predicted molar refractivity (Wildman–Crippen MR) is 62.7 cm³/mol. The third-order valence-corrected chi connectivity index (χ3v) is 3.60. The summed E-state index contributed by atoms with van der Waals surface area (Å²) in [5.41, 5.74) is 1.54. The quantitative estimate of drug-likeness (QED) is 0.791. The molecule has 0 fully saturated rings. The molecular formula is C13H19NO2. The smallest absolute Gasteiger partial charge is 0.119 e. The lowest BCUT2D eigenvalue weighted by molar-refractivity contribution is -0.216. The number of fused-ring (bicyclic) bond motifs is 1. The van der Waals surface area contributed by atoms with Gasteiger partial charge in [-0.05, 0) is 51.0 Å². The summed E-state index contributed by atoms with van der Waals surface area (Å²) in [5.74, 6) is 0.831. The van der Waals surface area contributed by atoms with Gasteiger partial charge in [-0.2, -0.15) is 5.06 Å². The lowest BCUT2D eigenvalue weighted by Gasteiger charge is -2.34. The van der Waals surface area contributed by atoms with Gasteiger partial charge in [-0.3, -0.25) is 0 Å². The lowest BCUT2D eigenvalue weighted by atomic mass is 9.90. The first-order chi connectivity index (χ1) is 7.31. The van der Waals surface area contributed by atoms with Crippen molar-refractivity contribution in [2.45, 2.75) is 38.8 Å². The van der Waals surface area contributed by atoms with Crippen LogP contribution in [-0.4, -0.2) is 17.4 Å². The Bertz CT molecular complexity index is 424. The minimum Gasteiger partial charge on any atom is -0.497 e. The summed E-state index contributed by atoms with van der Waals surface area (Å²) in [6, 6.07) is 5.98. The molecule has 0 spiro atoms. The van der Waals surface area contributed by atoms with E-state index in [1.165, 1.54) is 5.06 Å². The average molecular weight is 221 g/mol. The van der Waals surface area contributed by atoms with Crippen molar-refractivity contribution < 1.29 is 9.94 Å². The van der Waals surface area contributed by atoms with Crippen molar-refractivity contribution in [1.29, 1.82) is 0 Å². The SMILES string of the molecule is COc1ccc2c(c1)C(C)(C)N(O)C2(C)C. The van der Waals surface area contributed by atoms with Crippen LogP contribution in [0.2, 0.25) is 0 Å². The average Bonchev–Trinajstić information content (AvgIpc) is 2.38. The van der Waals surface area contributed by atoms with Crippen molar-refractivity contribution in [2.24, 2.45) is 0 Å². The fourth-order valence-electron chi connectivity index (χ4n) is 2.62. The highest BCUT2D eigenvalue weighted by Crippen LogP contribution is 2.48. The molecule has 0 unspecified atom stereocenters. The molecule has 0 aliphatic carbocycles. The summed E-state index contributed by atoms with van der Waals surface area (Å²) in [7, 11) is 1.66. The number of ether oxygens (including phenoxy) is 1. The third-order valence-electron chi connectivity index (χ3n) is 3.60. The van der Waals surface area contributed by atoms with Gasteiger partial charge in [0.05, 0.1) is 18.2 Å². The number of nitrogens with zero attached hydrogens (tertiary/aromatic N) is 1. The number of rotatable bonds is 1. The monoisotopic (exact) mass is 221 g/mol. The molecule has 1 aliphatic heterocycles. The molecular weight excluding hydrogens is 202 g/mol. The maximum absolute atomic E-state index is 10.3. The molecule has 0 saturated heterocycles. The van der Waals surface area contributed by atoms with E-state index < -0.39 is 0 Å². The Morgan fingerprint density at radius 1 is 1.06 bits per heavy atom. The molecule has 1 heterocycles. The molecule has 0 saturated carbocycles. The van der Waals surface area contributed by atoms with Crippen LogP contribution in [0.5, 0.6) is 5.75 Å². The van der Waals surface area contributed by atoms with Crippen LogP contribution in [0, 0.1) is 0 Å². The van der Waals surface area contributed by atoms with Crippen LogP contribution < -0.4 is 4.74 Å². The second-order valence-electron chi connectivity index (χ2n) is 5.34. The van der Waals surface area contributed by atoms with Crippen LogP contribution in [-0.2, 0) is 11.1 Å². The standard InChI is InChI=1S/C13H19NO2/c1-12(2)10-7-6-9(16-5)8-11(10)13(3,4)14(12)15/h6-8,15H,1-5H3. The van der Waals surface area contributed by atoms with Crippen molar-refractivity contribution in [3.63, 3.8) is 0 Å². The topological polar surface area (TPSA) is 32.7 Å². The number of hydroxylamine groups is 2. The van der Waals surface area contributed by atoms with Crippen molar-refractivity contribution in [3.8, 4) is 5.75 Å². The number of benzene rings is 1. The lowest BCUT2D eigenvalue weighted by Crippen LogP contribution is -2.42. The molecule has 1 aromatic rings. The predicted octanol–water partition coefficient (Wildman–Crippen LogP) is 2.87. The second-order valence-corrected chi connectivity index (χ2v) is 5.34. The van der Waals surface area contributed by atoms with Gasteiger partial charge in [0, 0.05) is 0 Å². The van der Waals surface area contributed by atoms with E-state index in [9.17, 15) is 5.21 Å². The highest BCUT2D eigenvalue weighted by atomic mass is 16.5. The Labute approximate surface area is 96.6 Å². The Balaban J connectivity index is 2.65. The second kappa shape index (κ2) is 3.22. The zero-order valence-corrected chi connectivity index (χ0v) is 10.5. The van der Waals surface area contributed by atoms with E-state index in [4.69, 9.17) is 4.74 Å². The van der Waals surface area contributed by atoms with E-state index >= 15 is 0 Å². The van der Waals surface area contributed by atoms with E-state index in [1.807, 2.05) is 45.9 Å². The molecule has 0 aromatic heterocycles. The molecule has 1 aromatic carbocycles. The number of methoxy groups -OCH3 is 1. The van der Waals surface area contributed by atoms with Crippen molar-refractivity contribution in [2.75, 3.05) is 7.11 Å². The van der Waals surface area contributed by atoms with Crippen molar-refractivity contribution in [3.05, 3.63) is 29.3 Å². The Morgan fingerprint density at radius 3 is 2.19 bits per heavy atom. The molecule has 0 bridgehead atoms. The van der Waals surface area contributed by atoms with Crippen LogP contribution in [0.4, 0.5) is 0 Å². The number of hydrogen-bond acceptors (Lipinski definition) is 3. The van der Waals surface area contributed by atoms with Crippen molar-refractivity contribution in [1.82, 2.24) is 5.06 Å². The zero-order valence-electron chi connectivity index (χ0n) is 10.5. The third kappa shape index (κ3) is 1.28. The largest absolute Gasteiger partial charge is 0.497 e. The molecule has 1 aliphatic rings. The zero-order chi connectivity index (χ0) is 12.1. The fourth-order valence-corrected chi connectivity index (χ4v) is 2.62. The summed E-state index contributed by atoms with van der Waals surface area (Å²) < 4.78 is 5.24. The Kier molecular flexibility index (Phi) is 2.30. The van der Waals surface area contributed by atoms with E-state index in [2.05, 4.69) is 0 Å². The minimum absolute atomic E-state index is 0.356. The molecule has 2 rings (SSSR count). The maximum Gasteiger partial charge on any atom is 0.119 e. The highest BCUT2D eigenvalue weighted by Gasteiger charge is 2.48. The summed E-state index contributed by atoms with van der Waals surface area (Å²) in [4.78, 5) is 0. The summed E-state index contributed by atoms with van der Waals surface area (Å²) in [6.45, 7) is 8.07. The van der Waals surface area contributed by atoms with E-state index in [1.54, 1.807) is 7.11 Å². The molecule has 0 radical (unpaired) electrons. The molecule has 0 atom stereocenters. The first kappa shape index (κ1) is 11.4. The Morgan fingerprint density at radius 2 is 1.62 bits per heavy atom.